The van der Waals surface area contributed by atoms with Crippen molar-refractivity contribution in [2.45, 2.75) is 0 Å². The molecule has 0 bridgehead atoms. The number of aromatic nitrogens is 3. The van der Waals surface area contributed by atoms with Gasteiger partial charge in [0.15, 0.2) is 0 Å². The highest BCUT2D eigenvalue weighted by Gasteiger charge is 2.33. The van der Waals surface area contributed by atoms with Gasteiger partial charge in [-0.05, 0) is 24.3 Å². The minimum absolute atomic E-state index is 0.311. The third-order valence-electron chi connectivity index (χ3n) is 3.32. The van der Waals surface area contributed by atoms with Crippen LogP contribution in [0.5, 0.6) is 0 Å². The fourth-order valence-corrected chi connectivity index (χ4v) is 4.84. The summed E-state index contributed by atoms with van der Waals surface area (Å²) in [6.07, 6.45) is 0. The van der Waals surface area contributed by atoms with E-state index in [0.29, 0.717) is 14.9 Å². The maximum Gasteiger partial charge on any atom is 0.339 e. The zero-order chi connectivity index (χ0) is 16.4. The quantitative estimate of drug-likeness (QED) is 0.660. The largest absolute Gasteiger partial charge is 0.339 e. The van der Waals surface area contributed by atoms with E-state index in [4.69, 9.17) is 0 Å². The van der Waals surface area contributed by atoms with Crippen LogP contribution in [0, 0.1) is 0 Å². The first kappa shape index (κ1) is 15.0. The standard InChI is InChI=1S/C15H12N3O4P/c19-13-16-14(20)18(15(21)17-13)23(22,11-7-3-1-4-8-11)12-9-5-2-6-10-12/h1-10H,(H2,16,17,19,20,21). The van der Waals surface area contributed by atoms with Crippen molar-refractivity contribution in [3.63, 3.8) is 0 Å². The highest BCUT2D eigenvalue weighted by molar-refractivity contribution is 7.77. The SMILES string of the molecule is O=c1[nH]c(=O)n(P(=O)(c2ccccc2)c2ccccc2)c(=O)[nH]1. The van der Waals surface area contributed by atoms with Crippen LogP contribution in [0.2, 0.25) is 0 Å². The van der Waals surface area contributed by atoms with E-state index in [2.05, 4.69) is 0 Å². The Hall–Kier alpha value is -2.92. The van der Waals surface area contributed by atoms with Gasteiger partial charge >= 0.3 is 17.1 Å². The highest BCUT2D eigenvalue weighted by Crippen LogP contribution is 2.41. The van der Waals surface area contributed by atoms with Crippen LogP contribution in [0.3, 0.4) is 0 Å². The Kier molecular flexibility index (Phi) is 3.72. The summed E-state index contributed by atoms with van der Waals surface area (Å²) >= 11 is 0. The zero-order valence-corrected chi connectivity index (χ0v) is 12.7. The summed E-state index contributed by atoms with van der Waals surface area (Å²) in [6, 6.07) is 16.4. The summed E-state index contributed by atoms with van der Waals surface area (Å²) in [4.78, 5) is 39.5. The van der Waals surface area contributed by atoms with Crippen molar-refractivity contribution in [2.24, 2.45) is 0 Å². The monoisotopic (exact) mass is 329 g/mol. The lowest BCUT2D eigenvalue weighted by Gasteiger charge is -2.19. The maximum absolute atomic E-state index is 13.8. The third kappa shape index (κ3) is 2.51. The molecule has 0 radical (unpaired) electrons. The predicted octanol–water partition coefficient (Wildman–Crippen LogP) is 0.00210. The van der Waals surface area contributed by atoms with Crippen LogP contribution in [-0.2, 0) is 4.57 Å². The summed E-state index contributed by atoms with van der Waals surface area (Å²) in [5.41, 5.74) is -2.98. The number of aromatic amines is 2. The Morgan fingerprint density at radius 2 is 1.09 bits per heavy atom. The van der Waals surface area contributed by atoms with Crippen molar-refractivity contribution < 1.29 is 4.57 Å². The molecule has 1 heterocycles. The van der Waals surface area contributed by atoms with Gasteiger partial charge < -0.3 is 0 Å². The first-order chi connectivity index (χ1) is 11.0. The van der Waals surface area contributed by atoms with Gasteiger partial charge in [-0.2, -0.15) is 4.34 Å². The van der Waals surface area contributed by atoms with Gasteiger partial charge in [-0.25, -0.2) is 14.4 Å². The van der Waals surface area contributed by atoms with Crippen molar-refractivity contribution in [2.75, 3.05) is 0 Å². The lowest BCUT2D eigenvalue weighted by Crippen LogP contribution is -2.45. The molecule has 7 nitrogen and oxygen atoms in total. The van der Waals surface area contributed by atoms with Crippen molar-refractivity contribution in [3.8, 4) is 0 Å². The number of hydrogen-bond acceptors (Lipinski definition) is 4. The second-order valence-electron chi connectivity index (χ2n) is 4.75. The van der Waals surface area contributed by atoms with Crippen molar-refractivity contribution >= 4 is 17.9 Å². The topological polar surface area (TPSA) is 105 Å². The average Bonchev–Trinajstić information content (AvgIpc) is 2.55. The van der Waals surface area contributed by atoms with Gasteiger partial charge in [0.25, 0.3) is 0 Å². The molecule has 116 valence electrons. The molecular formula is C15H12N3O4P. The molecule has 0 fully saturated rings. The van der Waals surface area contributed by atoms with E-state index in [1.165, 1.54) is 0 Å². The summed E-state index contributed by atoms with van der Waals surface area (Å²) < 4.78 is 14.4. The first-order valence-electron chi connectivity index (χ1n) is 6.71. The highest BCUT2D eigenvalue weighted by atomic mass is 31.2. The van der Waals surface area contributed by atoms with Gasteiger partial charge in [-0.1, -0.05) is 36.4 Å². The number of nitrogens with one attached hydrogen (secondary N) is 2. The van der Waals surface area contributed by atoms with Crippen LogP contribution in [0.1, 0.15) is 0 Å². The Balaban J connectivity index is 2.45. The molecule has 0 saturated carbocycles. The number of H-pyrrole nitrogens is 2. The Morgan fingerprint density at radius 1 is 0.696 bits per heavy atom. The van der Waals surface area contributed by atoms with E-state index < -0.39 is 24.4 Å². The second-order valence-corrected chi connectivity index (χ2v) is 7.33. The van der Waals surface area contributed by atoms with Crippen LogP contribution in [0.4, 0.5) is 0 Å². The van der Waals surface area contributed by atoms with E-state index >= 15 is 0 Å². The fraction of sp³-hybridized carbons (Fsp3) is 0. The van der Waals surface area contributed by atoms with Crippen molar-refractivity contribution in [3.05, 3.63) is 92.1 Å². The van der Waals surface area contributed by atoms with Gasteiger partial charge in [0, 0.05) is 10.6 Å². The van der Waals surface area contributed by atoms with Gasteiger partial charge in [-0.3, -0.25) is 14.5 Å². The summed E-state index contributed by atoms with van der Waals surface area (Å²) in [7, 11) is -3.78. The summed E-state index contributed by atoms with van der Waals surface area (Å²) in [5, 5.41) is 0.622. The molecule has 0 aliphatic heterocycles. The molecule has 3 aromatic rings. The maximum atomic E-state index is 13.8. The molecule has 0 atom stereocenters. The average molecular weight is 329 g/mol. The van der Waals surface area contributed by atoms with Gasteiger partial charge in [0.05, 0.1) is 0 Å². The van der Waals surface area contributed by atoms with Crippen LogP contribution in [0.15, 0.2) is 75.0 Å². The molecule has 0 unspecified atom stereocenters. The number of nitrogens with zero attached hydrogens (tertiary/aromatic N) is 1. The van der Waals surface area contributed by atoms with Crippen molar-refractivity contribution in [1.82, 2.24) is 14.3 Å². The van der Waals surface area contributed by atoms with Crippen LogP contribution in [-0.4, -0.2) is 14.3 Å². The number of benzene rings is 2. The molecule has 0 aliphatic carbocycles. The molecule has 0 saturated heterocycles. The number of hydrogen-bond donors (Lipinski definition) is 2. The zero-order valence-electron chi connectivity index (χ0n) is 11.8. The van der Waals surface area contributed by atoms with Crippen LogP contribution < -0.4 is 27.7 Å². The van der Waals surface area contributed by atoms with E-state index in [9.17, 15) is 18.9 Å². The van der Waals surface area contributed by atoms with E-state index in [1.54, 1.807) is 60.7 Å². The van der Waals surface area contributed by atoms with E-state index in [0.717, 1.165) is 0 Å². The summed E-state index contributed by atoms with van der Waals surface area (Å²) in [6.45, 7) is 0. The molecular weight excluding hydrogens is 317 g/mol. The lowest BCUT2D eigenvalue weighted by atomic mass is 10.4. The van der Waals surface area contributed by atoms with Crippen LogP contribution >= 0.6 is 7.29 Å². The molecule has 0 amide bonds. The molecule has 0 aliphatic rings. The third-order valence-corrected chi connectivity index (χ3v) is 6.24. The fourth-order valence-electron chi connectivity index (χ4n) is 2.32. The smallest absolute Gasteiger partial charge is 0.289 e. The van der Waals surface area contributed by atoms with Crippen molar-refractivity contribution in [1.29, 1.82) is 0 Å². The van der Waals surface area contributed by atoms with Crippen LogP contribution in [0.25, 0.3) is 0 Å². The molecule has 2 aromatic carbocycles. The molecule has 8 heteroatoms. The molecule has 1 aromatic heterocycles. The Bertz CT molecular complexity index is 974. The van der Waals surface area contributed by atoms with E-state index in [1.807, 2.05) is 9.97 Å². The minimum atomic E-state index is -3.78. The normalized spacial score (nSPS) is 11.3. The minimum Gasteiger partial charge on any atom is -0.289 e. The number of rotatable bonds is 3. The molecule has 23 heavy (non-hydrogen) atoms. The van der Waals surface area contributed by atoms with Gasteiger partial charge in [0.2, 0.25) is 7.29 Å². The predicted molar refractivity (Wildman–Crippen MR) is 87.1 cm³/mol. The van der Waals surface area contributed by atoms with E-state index in [-0.39, 0.29) is 0 Å². The molecule has 2 N–H and O–H groups in total. The molecule has 3 rings (SSSR count). The Morgan fingerprint density at radius 3 is 1.48 bits per heavy atom. The van der Waals surface area contributed by atoms with Gasteiger partial charge in [0.1, 0.15) is 0 Å². The lowest BCUT2D eigenvalue weighted by molar-refractivity contribution is 0.576. The Labute approximate surface area is 129 Å². The molecule has 0 spiro atoms. The second kappa shape index (κ2) is 5.70. The van der Waals surface area contributed by atoms with Gasteiger partial charge in [-0.15, -0.1) is 0 Å². The summed E-state index contributed by atoms with van der Waals surface area (Å²) in [5.74, 6) is 0. The first-order valence-corrected chi connectivity index (χ1v) is 8.37.